The van der Waals surface area contributed by atoms with Crippen LogP contribution >= 0.6 is 22.9 Å². The van der Waals surface area contributed by atoms with E-state index in [9.17, 15) is 4.79 Å². The maximum Gasteiger partial charge on any atom is 0.263 e. The van der Waals surface area contributed by atoms with Gasteiger partial charge in [0.05, 0.1) is 11.1 Å². The first kappa shape index (κ1) is 13.9. The molecule has 0 saturated carbocycles. The Bertz CT molecular complexity index is 609. The molecular formula is C14H15ClN2OS. The monoisotopic (exact) mass is 294 g/mol. The minimum atomic E-state index is -0.155. The van der Waals surface area contributed by atoms with Crippen molar-refractivity contribution >= 4 is 34.5 Å². The first-order valence-corrected chi connectivity index (χ1v) is 7.14. The van der Waals surface area contributed by atoms with Crippen molar-refractivity contribution in [3.63, 3.8) is 0 Å². The van der Waals surface area contributed by atoms with Gasteiger partial charge in [-0.05, 0) is 42.5 Å². The summed E-state index contributed by atoms with van der Waals surface area (Å²) in [6.45, 7) is 3.80. The summed E-state index contributed by atoms with van der Waals surface area (Å²) in [7, 11) is 0. The number of nitrogen functional groups attached to an aromatic ring is 1. The second kappa shape index (κ2) is 5.63. The molecule has 0 spiro atoms. The summed E-state index contributed by atoms with van der Waals surface area (Å²) in [6, 6.07) is 7.36. The number of anilines is 1. The topological polar surface area (TPSA) is 55.1 Å². The fourth-order valence-electron chi connectivity index (χ4n) is 1.76. The largest absolute Gasteiger partial charge is 0.399 e. The average Bonchev–Trinajstić information content (AvgIpc) is 2.70. The van der Waals surface area contributed by atoms with E-state index in [0.29, 0.717) is 15.6 Å². The van der Waals surface area contributed by atoms with Crippen LogP contribution in [0.1, 0.15) is 33.8 Å². The third kappa shape index (κ3) is 3.08. The molecule has 1 heterocycles. The second-order valence-electron chi connectivity index (χ2n) is 4.43. The Morgan fingerprint density at radius 2 is 2.21 bits per heavy atom. The minimum Gasteiger partial charge on any atom is -0.399 e. The van der Waals surface area contributed by atoms with E-state index in [0.717, 1.165) is 11.1 Å². The lowest BCUT2D eigenvalue weighted by atomic mass is 10.1. The van der Waals surface area contributed by atoms with Gasteiger partial charge in [-0.1, -0.05) is 23.7 Å². The first-order valence-electron chi connectivity index (χ1n) is 5.89. The summed E-state index contributed by atoms with van der Waals surface area (Å²) in [4.78, 5) is 12.7. The Hall–Kier alpha value is -1.52. The number of nitrogens with one attached hydrogen (secondary N) is 1. The number of amides is 1. The zero-order valence-electron chi connectivity index (χ0n) is 10.7. The van der Waals surface area contributed by atoms with Gasteiger partial charge in [-0.25, -0.2) is 0 Å². The van der Waals surface area contributed by atoms with E-state index in [4.69, 9.17) is 17.3 Å². The van der Waals surface area contributed by atoms with E-state index in [2.05, 4.69) is 5.32 Å². The van der Waals surface area contributed by atoms with Crippen molar-refractivity contribution in [1.29, 1.82) is 0 Å². The molecule has 2 aromatic rings. The molecule has 5 heteroatoms. The van der Waals surface area contributed by atoms with Gasteiger partial charge in [-0.15, -0.1) is 11.3 Å². The fourth-order valence-corrected chi connectivity index (χ4v) is 2.94. The Morgan fingerprint density at radius 3 is 2.79 bits per heavy atom. The maximum absolute atomic E-state index is 12.1. The third-order valence-electron chi connectivity index (χ3n) is 2.86. The summed E-state index contributed by atoms with van der Waals surface area (Å²) in [6.07, 6.45) is 0. The van der Waals surface area contributed by atoms with Crippen molar-refractivity contribution < 1.29 is 4.79 Å². The molecule has 0 saturated heterocycles. The summed E-state index contributed by atoms with van der Waals surface area (Å²) in [5.41, 5.74) is 8.31. The van der Waals surface area contributed by atoms with Crippen LogP contribution in [0.4, 0.5) is 5.69 Å². The van der Waals surface area contributed by atoms with Crippen molar-refractivity contribution in [2.24, 2.45) is 0 Å². The van der Waals surface area contributed by atoms with Crippen LogP contribution in [0.25, 0.3) is 0 Å². The fraction of sp³-hybridized carbons (Fsp3) is 0.214. The summed E-state index contributed by atoms with van der Waals surface area (Å²) in [5.74, 6) is -0.155. The predicted octanol–water partition coefficient (Wildman–Crippen LogP) is 3.78. The Balaban J connectivity index is 2.13. The molecule has 0 radical (unpaired) electrons. The van der Waals surface area contributed by atoms with Crippen LogP contribution in [0, 0.1) is 6.92 Å². The number of nitrogens with two attached hydrogens (primary N) is 1. The van der Waals surface area contributed by atoms with Gasteiger partial charge in [0.1, 0.15) is 4.88 Å². The molecule has 0 aliphatic carbocycles. The zero-order valence-corrected chi connectivity index (χ0v) is 12.3. The van der Waals surface area contributed by atoms with Gasteiger partial charge in [-0.3, -0.25) is 4.79 Å². The highest BCUT2D eigenvalue weighted by Gasteiger charge is 2.17. The van der Waals surface area contributed by atoms with Crippen LogP contribution in [0.2, 0.25) is 5.02 Å². The van der Waals surface area contributed by atoms with Gasteiger partial charge in [0, 0.05) is 5.69 Å². The molecular weight excluding hydrogens is 280 g/mol. The summed E-state index contributed by atoms with van der Waals surface area (Å²) < 4.78 is 0. The van der Waals surface area contributed by atoms with Crippen LogP contribution in [0.15, 0.2) is 29.6 Å². The molecule has 1 atom stereocenters. The van der Waals surface area contributed by atoms with Gasteiger partial charge < -0.3 is 11.1 Å². The zero-order chi connectivity index (χ0) is 14.0. The molecule has 0 fully saturated rings. The molecule has 100 valence electrons. The smallest absolute Gasteiger partial charge is 0.263 e. The van der Waals surface area contributed by atoms with E-state index in [1.165, 1.54) is 11.3 Å². The number of aryl methyl sites for hydroxylation is 1. The second-order valence-corrected chi connectivity index (χ2v) is 5.68. The van der Waals surface area contributed by atoms with Crippen molar-refractivity contribution in [2.75, 3.05) is 5.73 Å². The number of halogens is 1. The quantitative estimate of drug-likeness (QED) is 0.846. The van der Waals surface area contributed by atoms with Crippen LogP contribution in [0.3, 0.4) is 0 Å². The first-order chi connectivity index (χ1) is 8.99. The lowest BCUT2D eigenvalue weighted by molar-refractivity contribution is 0.0944. The molecule has 1 aromatic carbocycles. The van der Waals surface area contributed by atoms with Crippen LogP contribution in [-0.2, 0) is 0 Å². The highest BCUT2D eigenvalue weighted by atomic mass is 35.5. The molecule has 1 amide bonds. The normalized spacial score (nSPS) is 12.2. The predicted molar refractivity (Wildman–Crippen MR) is 80.8 cm³/mol. The number of rotatable bonds is 3. The highest BCUT2D eigenvalue weighted by molar-refractivity contribution is 7.13. The maximum atomic E-state index is 12.1. The SMILES string of the molecule is Cc1csc(C(=O)NC(C)c2cccc(N)c2)c1Cl. The number of hydrogen-bond acceptors (Lipinski definition) is 3. The van der Waals surface area contributed by atoms with Crippen molar-refractivity contribution in [3.05, 3.63) is 50.7 Å². The van der Waals surface area contributed by atoms with Gasteiger partial charge in [0.15, 0.2) is 0 Å². The summed E-state index contributed by atoms with van der Waals surface area (Å²) in [5, 5.41) is 5.33. The van der Waals surface area contributed by atoms with Crippen molar-refractivity contribution in [2.45, 2.75) is 19.9 Å². The number of carbonyl (C=O) groups is 1. The molecule has 1 unspecified atom stereocenters. The molecule has 0 bridgehead atoms. The van der Waals surface area contributed by atoms with Gasteiger partial charge in [0.2, 0.25) is 0 Å². The standard InChI is InChI=1S/C14H15ClN2OS/c1-8-7-19-13(12(8)15)14(18)17-9(2)10-4-3-5-11(16)6-10/h3-7,9H,16H2,1-2H3,(H,17,18). The highest BCUT2D eigenvalue weighted by Crippen LogP contribution is 2.27. The Kier molecular flexibility index (Phi) is 4.12. The van der Waals surface area contributed by atoms with E-state index in [1.54, 1.807) is 0 Å². The molecule has 0 aliphatic heterocycles. The van der Waals surface area contributed by atoms with Gasteiger partial charge in [0.25, 0.3) is 5.91 Å². The Labute approximate surface area is 121 Å². The average molecular weight is 295 g/mol. The third-order valence-corrected chi connectivity index (χ3v) is 4.56. The number of hydrogen-bond donors (Lipinski definition) is 2. The van der Waals surface area contributed by atoms with Crippen LogP contribution in [-0.4, -0.2) is 5.91 Å². The molecule has 1 aromatic heterocycles. The van der Waals surface area contributed by atoms with Crippen molar-refractivity contribution in [3.8, 4) is 0 Å². The molecule has 3 nitrogen and oxygen atoms in total. The number of carbonyl (C=O) groups excluding carboxylic acids is 1. The van der Waals surface area contributed by atoms with Gasteiger partial charge >= 0.3 is 0 Å². The van der Waals surface area contributed by atoms with Crippen molar-refractivity contribution in [1.82, 2.24) is 5.32 Å². The molecule has 2 rings (SSSR count). The van der Waals surface area contributed by atoms with Crippen LogP contribution < -0.4 is 11.1 Å². The van der Waals surface area contributed by atoms with E-state index in [-0.39, 0.29) is 11.9 Å². The van der Waals surface area contributed by atoms with Gasteiger partial charge in [-0.2, -0.15) is 0 Å². The lowest BCUT2D eigenvalue weighted by Crippen LogP contribution is -2.26. The van der Waals surface area contributed by atoms with E-state index in [1.807, 2.05) is 43.5 Å². The summed E-state index contributed by atoms with van der Waals surface area (Å²) >= 11 is 7.44. The molecule has 0 aliphatic rings. The minimum absolute atomic E-state index is 0.116. The van der Waals surface area contributed by atoms with E-state index < -0.39 is 0 Å². The molecule has 3 N–H and O–H groups in total. The molecule has 19 heavy (non-hydrogen) atoms. The van der Waals surface area contributed by atoms with E-state index >= 15 is 0 Å². The number of benzene rings is 1. The lowest BCUT2D eigenvalue weighted by Gasteiger charge is -2.14. The number of thiophene rings is 1. The Morgan fingerprint density at radius 1 is 1.47 bits per heavy atom. The van der Waals surface area contributed by atoms with Crippen LogP contribution in [0.5, 0.6) is 0 Å².